The summed E-state index contributed by atoms with van der Waals surface area (Å²) in [5.74, 6) is 1.22. The maximum Gasteiger partial charge on any atom is 0.199 e. The van der Waals surface area contributed by atoms with Crippen LogP contribution in [0.1, 0.15) is 38.1 Å². The van der Waals surface area contributed by atoms with Crippen LogP contribution < -0.4 is 4.74 Å². The lowest BCUT2D eigenvalue weighted by Gasteiger charge is -2.05. The number of carbonyl (C=O) groups is 2. The SMILES string of the molecule is C=C(/C=C\C)C(=O)COc1ccc(C=O)cc1.CC(C)C. The van der Waals surface area contributed by atoms with Crippen molar-refractivity contribution in [2.45, 2.75) is 27.7 Å². The van der Waals surface area contributed by atoms with Gasteiger partial charge in [-0.15, -0.1) is 0 Å². The Balaban J connectivity index is 0.000000885. The number of carbonyl (C=O) groups excluding carboxylic acids is 2. The molecule has 114 valence electrons. The van der Waals surface area contributed by atoms with Crippen molar-refractivity contribution < 1.29 is 14.3 Å². The predicted molar refractivity (Wildman–Crippen MR) is 86.8 cm³/mol. The first-order valence-electron chi connectivity index (χ1n) is 6.93. The Labute approximate surface area is 127 Å². The molecule has 0 saturated heterocycles. The fourth-order valence-corrected chi connectivity index (χ4v) is 1.18. The summed E-state index contributed by atoms with van der Waals surface area (Å²) in [6.07, 6.45) is 4.14. The molecule has 0 heterocycles. The molecule has 0 radical (unpaired) electrons. The minimum atomic E-state index is -0.164. The van der Waals surface area contributed by atoms with Gasteiger partial charge in [0.25, 0.3) is 0 Å². The third-order valence-electron chi connectivity index (χ3n) is 2.11. The maximum atomic E-state index is 11.5. The Hall–Kier alpha value is -2.16. The van der Waals surface area contributed by atoms with Crippen LogP contribution in [0, 0.1) is 5.92 Å². The van der Waals surface area contributed by atoms with Crippen LogP contribution in [0.5, 0.6) is 5.75 Å². The van der Waals surface area contributed by atoms with E-state index in [1.54, 1.807) is 36.4 Å². The third kappa shape index (κ3) is 9.38. The fraction of sp³-hybridized carbons (Fsp3) is 0.333. The van der Waals surface area contributed by atoms with Crippen molar-refractivity contribution >= 4 is 12.1 Å². The highest BCUT2D eigenvalue weighted by atomic mass is 16.5. The second-order valence-corrected chi connectivity index (χ2v) is 5.16. The van der Waals surface area contributed by atoms with E-state index in [9.17, 15) is 9.59 Å². The van der Waals surface area contributed by atoms with Gasteiger partial charge in [0.1, 0.15) is 12.0 Å². The van der Waals surface area contributed by atoms with Crippen molar-refractivity contribution in [2.24, 2.45) is 5.92 Å². The zero-order valence-electron chi connectivity index (χ0n) is 13.3. The quantitative estimate of drug-likeness (QED) is 0.446. The summed E-state index contributed by atoms with van der Waals surface area (Å²) in [4.78, 5) is 21.9. The van der Waals surface area contributed by atoms with Crippen molar-refractivity contribution in [3.8, 4) is 5.75 Å². The van der Waals surface area contributed by atoms with Crippen LogP contribution in [-0.2, 0) is 4.79 Å². The third-order valence-corrected chi connectivity index (χ3v) is 2.11. The zero-order chi connectivity index (χ0) is 16.3. The molecule has 0 fully saturated rings. The molecule has 0 aromatic heterocycles. The topological polar surface area (TPSA) is 43.4 Å². The Bertz CT molecular complexity index is 479. The van der Waals surface area contributed by atoms with E-state index >= 15 is 0 Å². The number of hydrogen-bond acceptors (Lipinski definition) is 3. The molecule has 0 saturated carbocycles. The van der Waals surface area contributed by atoms with Crippen molar-refractivity contribution in [3.63, 3.8) is 0 Å². The van der Waals surface area contributed by atoms with Gasteiger partial charge in [-0.2, -0.15) is 0 Å². The molecule has 0 aliphatic heterocycles. The molecule has 0 bridgehead atoms. The van der Waals surface area contributed by atoms with E-state index in [0.717, 1.165) is 12.2 Å². The van der Waals surface area contributed by atoms with Gasteiger partial charge >= 0.3 is 0 Å². The van der Waals surface area contributed by atoms with Gasteiger partial charge < -0.3 is 4.74 Å². The van der Waals surface area contributed by atoms with Crippen molar-refractivity contribution in [1.82, 2.24) is 0 Å². The maximum absolute atomic E-state index is 11.5. The van der Waals surface area contributed by atoms with Gasteiger partial charge in [0.05, 0.1) is 0 Å². The number of rotatable bonds is 6. The zero-order valence-corrected chi connectivity index (χ0v) is 13.3. The summed E-state index contributed by atoms with van der Waals surface area (Å²) in [5, 5.41) is 0. The molecule has 0 N–H and O–H groups in total. The normalized spacial score (nSPS) is 9.95. The smallest absolute Gasteiger partial charge is 0.199 e. The molecule has 0 spiro atoms. The molecule has 0 amide bonds. The largest absolute Gasteiger partial charge is 0.485 e. The first kappa shape index (κ1) is 18.8. The first-order chi connectivity index (χ1) is 9.90. The van der Waals surface area contributed by atoms with E-state index < -0.39 is 0 Å². The Morgan fingerprint density at radius 2 is 1.76 bits per heavy atom. The van der Waals surface area contributed by atoms with Crippen molar-refractivity contribution in [3.05, 3.63) is 54.1 Å². The summed E-state index contributed by atoms with van der Waals surface area (Å²) >= 11 is 0. The number of hydrogen-bond donors (Lipinski definition) is 0. The lowest BCUT2D eigenvalue weighted by Crippen LogP contribution is -2.12. The number of ketones is 1. The monoisotopic (exact) mass is 288 g/mol. The second kappa shape index (κ2) is 10.6. The predicted octanol–water partition coefficient (Wildman–Crippen LogP) is 4.24. The molecule has 1 rings (SSSR count). The molecule has 0 atom stereocenters. The minimum Gasteiger partial charge on any atom is -0.485 e. The van der Waals surface area contributed by atoms with Gasteiger partial charge in [-0.25, -0.2) is 0 Å². The van der Waals surface area contributed by atoms with Crippen LogP contribution in [-0.4, -0.2) is 18.7 Å². The number of ether oxygens (including phenoxy) is 1. The Morgan fingerprint density at radius 1 is 1.24 bits per heavy atom. The fourth-order valence-electron chi connectivity index (χ4n) is 1.18. The summed E-state index contributed by atoms with van der Waals surface area (Å²) in [7, 11) is 0. The van der Waals surface area contributed by atoms with Gasteiger partial charge in [-0.1, -0.05) is 39.5 Å². The average molecular weight is 288 g/mol. The summed E-state index contributed by atoms with van der Waals surface area (Å²) in [6, 6.07) is 6.56. The van der Waals surface area contributed by atoms with Crippen LogP contribution >= 0.6 is 0 Å². The number of aldehydes is 1. The molecule has 3 heteroatoms. The molecule has 1 aromatic rings. The first-order valence-corrected chi connectivity index (χ1v) is 6.93. The van der Waals surface area contributed by atoms with Crippen LogP contribution in [0.25, 0.3) is 0 Å². The molecule has 0 unspecified atom stereocenters. The van der Waals surface area contributed by atoms with Gasteiger partial charge in [0.2, 0.25) is 0 Å². The number of benzene rings is 1. The molecule has 21 heavy (non-hydrogen) atoms. The van der Waals surface area contributed by atoms with Gasteiger partial charge in [0, 0.05) is 11.1 Å². The molecular weight excluding hydrogens is 264 g/mol. The van der Waals surface area contributed by atoms with Crippen molar-refractivity contribution in [2.75, 3.05) is 6.61 Å². The Kier molecular flexibility index (Phi) is 9.52. The van der Waals surface area contributed by atoms with E-state index in [-0.39, 0.29) is 12.4 Å². The van der Waals surface area contributed by atoms with Gasteiger partial charge in [-0.3, -0.25) is 9.59 Å². The molecular formula is C18H24O3. The molecule has 3 nitrogen and oxygen atoms in total. The van der Waals surface area contributed by atoms with Crippen LogP contribution in [0.2, 0.25) is 0 Å². The molecule has 0 aliphatic rings. The standard InChI is InChI=1S/C14H14O3.C4H10/c1-3-4-11(2)14(16)10-17-13-7-5-12(9-15)6-8-13;1-4(2)3/h3-9H,2,10H2,1H3;4H,1-3H3/b4-3-;. The highest BCUT2D eigenvalue weighted by Crippen LogP contribution is 2.11. The molecule has 1 aromatic carbocycles. The number of Topliss-reactive ketones (excluding diaryl/α,β-unsaturated/α-hetero) is 1. The van der Waals surface area contributed by atoms with Crippen LogP contribution in [0.3, 0.4) is 0 Å². The molecule has 0 aliphatic carbocycles. The highest BCUT2D eigenvalue weighted by Gasteiger charge is 2.05. The van der Waals surface area contributed by atoms with Crippen molar-refractivity contribution in [1.29, 1.82) is 0 Å². The summed E-state index contributed by atoms with van der Waals surface area (Å²) in [5.41, 5.74) is 0.985. The lowest BCUT2D eigenvalue weighted by atomic mass is 10.2. The van der Waals surface area contributed by atoms with E-state index in [4.69, 9.17) is 4.74 Å². The van der Waals surface area contributed by atoms with E-state index in [1.807, 2.05) is 6.92 Å². The second-order valence-electron chi connectivity index (χ2n) is 5.16. The van der Waals surface area contributed by atoms with E-state index in [0.29, 0.717) is 16.9 Å². The van der Waals surface area contributed by atoms with E-state index in [1.165, 1.54) is 0 Å². The number of allylic oxidation sites excluding steroid dienone is 2. The van der Waals surface area contributed by atoms with E-state index in [2.05, 4.69) is 27.4 Å². The van der Waals surface area contributed by atoms with Crippen LogP contribution in [0.15, 0.2) is 48.6 Å². The Morgan fingerprint density at radius 3 is 2.19 bits per heavy atom. The summed E-state index contributed by atoms with van der Waals surface area (Å²) < 4.78 is 5.27. The lowest BCUT2D eigenvalue weighted by molar-refractivity contribution is -0.117. The average Bonchev–Trinajstić information content (AvgIpc) is 2.45. The summed E-state index contributed by atoms with van der Waals surface area (Å²) in [6.45, 7) is 11.9. The van der Waals surface area contributed by atoms with Crippen LogP contribution in [0.4, 0.5) is 0 Å². The minimum absolute atomic E-state index is 0.0520. The van der Waals surface area contributed by atoms with Gasteiger partial charge in [0.15, 0.2) is 12.4 Å². The van der Waals surface area contributed by atoms with Gasteiger partial charge in [-0.05, 0) is 37.1 Å². The highest BCUT2D eigenvalue weighted by molar-refractivity contribution is 5.98.